The van der Waals surface area contributed by atoms with Crippen LogP contribution in [0.15, 0.2) is 58.7 Å². The minimum atomic E-state index is -3.34. The lowest BCUT2D eigenvalue weighted by Crippen LogP contribution is -2.15. The zero-order chi connectivity index (χ0) is 22.9. The molecule has 32 heavy (non-hydrogen) atoms. The molecule has 0 aliphatic carbocycles. The Morgan fingerprint density at radius 2 is 1.97 bits per heavy atom. The molecule has 164 valence electrons. The molecule has 0 aliphatic rings. The number of aromatic nitrogens is 3. The summed E-state index contributed by atoms with van der Waals surface area (Å²) in [6.45, 7) is 2.04. The molecule has 0 atom stereocenters. The van der Waals surface area contributed by atoms with Crippen LogP contribution in [-0.2, 0) is 15.6 Å². The van der Waals surface area contributed by atoms with Crippen LogP contribution in [-0.4, -0.2) is 35.5 Å². The van der Waals surface area contributed by atoms with Gasteiger partial charge in [0, 0.05) is 12.0 Å². The highest BCUT2D eigenvalue weighted by Gasteiger charge is 2.17. The van der Waals surface area contributed by atoms with E-state index >= 15 is 0 Å². The molecule has 0 aliphatic heterocycles. The highest BCUT2D eigenvalue weighted by molar-refractivity contribution is 7.98. The number of sulfone groups is 1. The third-order valence-electron chi connectivity index (χ3n) is 4.56. The lowest BCUT2D eigenvalue weighted by Gasteiger charge is -2.07. The van der Waals surface area contributed by atoms with Gasteiger partial charge in [-0.05, 0) is 36.2 Å². The van der Waals surface area contributed by atoms with Gasteiger partial charge >= 0.3 is 0 Å². The Bertz CT molecular complexity index is 1440. The van der Waals surface area contributed by atoms with E-state index in [1.807, 2.05) is 31.2 Å². The Morgan fingerprint density at radius 3 is 2.72 bits per heavy atom. The maximum absolute atomic E-state index is 12.8. The third-order valence-corrected chi connectivity index (χ3v) is 7.79. The average Bonchev–Trinajstić information content (AvgIpc) is 3.15. The summed E-state index contributed by atoms with van der Waals surface area (Å²) >= 11 is 8.75. The normalized spacial score (nSPS) is 11.6. The summed E-state index contributed by atoms with van der Waals surface area (Å²) in [5.41, 5.74) is 2.96. The molecule has 1 N–H and O–H groups in total. The molecule has 7 nitrogen and oxygen atoms in total. The maximum Gasteiger partial charge on any atom is 0.277 e. The fourth-order valence-electron chi connectivity index (χ4n) is 2.84. The van der Waals surface area contributed by atoms with E-state index in [0.717, 1.165) is 11.8 Å². The molecule has 2 aromatic carbocycles. The molecule has 0 saturated heterocycles. The summed E-state index contributed by atoms with van der Waals surface area (Å²) in [5, 5.41) is 3.57. The second kappa shape index (κ2) is 9.14. The number of benzene rings is 2. The first-order valence-corrected chi connectivity index (χ1v) is 13.4. The number of halogens is 1. The van der Waals surface area contributed by atoms with Gasteiger partial charge in [0.05, 0.1) is 26.3 Å². The SMILES string of the molecule is Cc1ccccc1CSc1ncc(Cl)c(C(=O)Nc2nc3ccc(S(C)(=O)=O)cc3s2)n1. The maximum atomic E-state index is 12.8. The number of aryl methyl sites for hydroxylation is 1. The largest absolute Gasteiger partial charge is 0.296 e. The molecular weight excluding hydrogens is 488 g/mol. The lowest BCUT2D eigenvalue weighted by molar-refractivity contribution is 0.102. The van der Waals surface area contributed by atoms with Crippen molar-refractivity contribution >= 4 is 65.8 Å². The second-order valence-corrected chi connectivity index (χ2v) is 11.3. The van der Waals surface area contributed by atoms with E-state index in [1.54, 1.807) is 6.07 Å². The highest BCUT2D eigenvalue weighted by atomic mass is 35.5. The molecule has 0 radical (unpaired) electrons. The summed E-state index contributed by atoms with van der Waals surface area (Å²) < 4.78 is 24.2. The van der Waals surface area contributed by atoms with E-state index in [4.69, 9.17) is 11.6 Å². The third kappa shape index (κ3) is 5.09. The molecule has 0 fully saturated rings. The van der Waals surface area contributed by atoms with Crippen LogP contribution >= 0.6 is 34.7 Å². The van der Waals surface area contributed by atoms with Crippen LogP contribution in [0.4, 0.5) is 5.13 Å². The first-order chi connectivity index (χ1) is 15.2. The Balaban J connectivity index is 1.53. The number of carbonyl (C=O) groups is 1. The summed E-state index contributed by atoms with van der Waals surface area (Å²) in [7, 11) is -3.34. The number of thioether (sulfide) groups is 1. The predicted octanol–water partition coefficient (Wildman–Crippen LogP) is 5.00. The molecule has 2 aromatic heterocycles. The smallest absolute Gasteiger partial charge is 0.277 e. The minimum absolute atomic E-state index is 0.0463. The molecule has 1 amide bonds. The predicted molar refractivity (Wildman–Crippen MR) is 128 cm³/mol. The van der Waals surface area contributed by atoms with Gasteiger partial charge in [0.25, 0.3) is 5.91 Å². The van der Waals surface area contributed by atoms with E-state index in [1.165, 1.54) is 47.0 Å². The number of amides is 1. The van der Waals surface area contributed by atoms with E-state index < -0.39 is 15.7 Å². The summed E-state index contributed by atoms with van der Waals surface area (Å²) in [5.74, 6) is 0.146. The van der Waals surface area contributed by atoms with E-state index in [2.05, 4.69) is 20.3 Å². The van der Waals surface area contributed by atoms with Crippen molar-refractivity contribution in [2.75, 3.05) is 11.6 Å². The second-order valence-electron chi connectivity index (χ2n) is 6.94. The van der Waals surface area contributed by atoms with Crippen molar-refractivity contribution in [3.63, 3.8) is 0 Å². The number of carbonyl (C=O) groups excluding carboxylic acids is 1. The van der Waals surface area contributed by atoms with Gasteiger partial charge in [0.1, 0.15) is 0 Å². The van der Waals surface area contributed by atoms with Gasteiger partial charge in [-0.1, -0.05) is 59.0 Å². The summed E-state index contributed by atoms with van der Waals surface area (Å²) in [6, 6.07) is 12.7. The first-order valence-electron chi connectivity index (χ1n) is 9.32. The van der Waals surface area contributed by atoms with E-state index in [9.17, 15) is 13.2 Å². The van der Waals surface area contributed by atoms with Crippen molar-refractivity contribution in [2.24, 2.45) is 0 Å². The van der Waals surface area contributed by atoms with Crippen LogP contribution in [0.5, 0.6) is 0 Å². The average molecular weight is 505 g/mol. The molecule has 0 spiro atoms. The molecular formula is C21H17ClN4O3S3. The van der Waals surface area contributed by atoms with Crippen LogP contribution < -0.4 is 5.32 Å². The topological polar surface area (TPSA) is 102 Å². The molecule has 0 saturated carbocycles. The van der Waals surface area contributed by atoms with Crippen LogP contribution in [0, 0.1) is 6.92 Å². The number of hydrogen-bond donors (Lipinski definition) is 1. The van der Waals surface area contributed by atoms with Crippen molar-refractivity contribution in [1.82, 2.24) is 15.0 Å². The zero-order valence-corrected chi connectivity index (χ0v) is 20.2. The highest BCUT2D eigenvalue weighted by Crippen LogP contribution is 2.29. The van der Waals surface area contributed by atoms with Gasteiger partial charge in [-0.3, -0.25) is 10.1 Å². The Kier molecular flexibility index (Phi) is 6.47. The van der Waals surface area contributed by atoms with E-state index in [0.29, 0.717) is 26.3 Å². The number of anilines is 1. The molecule has 2 heterocycles. The molecule has 0 unspecified atom stereocenters. The van der Waals surface area contributed by atoms with Crippen LogP contribution in [0.3, 0.4) is 0 Å². The number of rotatable bonds is 6. The number of hydrogen-bond acceptors (Lipinski definition) is 8. The van der Waals surface area contributed by atoms with Crippen LogP contribution in [0.1, 0.15) is 21.6 Å². The van der Waals surface area contributed by atoms with Crippen molar-refractivity contribution < 1.29 is 13.2 Å². The van der Waals surface area contributed by atoms with Gasteiger partial charge in [0.15, 0.2) is 25.8 Å². The number of nitrogens with zero attached hydrogens (tertiary/aromatic N) is 3. The van der Waals surface area contributed by atoms with Crippen molar-refractivity contribution in [1.29, 1.82) is 0 Å². The van der Waals surface area contributed by atoms with Gasteiger partial charge in [0.2, 0.25) is 0 Å². The van der Waals surface area contributed by atoms with Gasteiger partial charge in [-0.25, -0.2) is 23.4 Å². The number of nitrogens with one attached hydrogen (secondary N) is 1. The van der Waals surface area contributed by atoms with Crippen molar-refractivity contribution in [3.8, 4) is 0 Å². The van der Waals surface area contributed by atoms with Crippen molar-refractivity contribution in [2.45, 2.75) is 22.7 Å². The van der Waals surface area contributed by atoms with Gasteiger partial charge < -0.3 is 0 Å². The molecule has 11 heteroatoms. The summed E-state index contributed by atoms with van der Waals surface area (Å²) in [4.78, 5) is 25.9. The van der Waals surface area contributed by atoms with E-state index in [-0.39, 0.29) is 15.6 Å². The van der Waals surface area contributed by atoms with Gasteiger partial charge in [-0.2, -0.15) is 0 Å². The first kappa shape index (κ1) is 22.7. The Morgan fingerprint density at radius 1 is 1.19 bits per heavy atom. The van der Waals surface area contributed by atoms with Crippen LogP contribution in [0.2, 0.25) is 5.02 Å². The zero-order valence-electron chi connectivity index (χ0n) is 17.0. The molecule has 4 rings (SSSR count). The lowest BCUT2D eigenvalue weighted by atomic mass is 10.1. The fourth-order valence-corrected chi connectivity index (χ4v) is 5.53. The monoisotopic (exact) mass is 504 g/mol. The summed E-state index contributed by atoms with van der Waals surface area (Å²) in [6.07, 6.45) is 2.55. The van der Waals surface area contributed by atoms with Gasteiger partial charge in [-0.15, -0.1) is 0 Å². The Labute approximate surface area is 198 Å². The minimum Gasteiger partial charge on any atom is -0.296 e. The van der Waals surface area contributed by atoms with Crippen molar-refractivity contribution in [3.05, 3.63) is 70.5 Å². The fraction of sp³-hybridized carbons (Fsp3) is 0.143. The molecule has 0 bridgehead atoms. The van der Waals surface area contributed by atoms with Crippen LogP contribution in [0.25, 0.3) is 10.2 Å². The number of thiazole rings is 1. The Hall–Kier alpha value is -2.53. The number of fused-ring (bicyclic) bond motifs is 1. The standard InChI is InChI=1S/C21H17ClN4O3S3/c1-12-5-3-4-6-13(12)11-30-20-23-10-15(22)18(25-20)19(27)26-21-24-16-8-7-14(32(2,28)29)9-17(16)31-21/h3-10H,11H2,1-2H3,(H,24,26,27). The molecule has 4 aromatic rings. The quantitative estimate of drug-likeness (QED) is 0.291.